The van der Waals surface area contributed by atoms with E-state index in [1.165, 1.54) is 27.7 Å². The van der Waals surface area contributed by atoms with Crippen molar-refractivity contribution in [3.63, 3.8) is 0 Å². The number of aromatic nitrogens is 1. The Kier molecular flexibility index (Phi) is 1.71. The monoisotopic (exact) mass is 200 g/mol. The molecule has 1 aliphatic rings. The molecule has 2 heteroatoms. The first-order valence-corrected chi connectivity index (χ1v) is 5.56. The molecule has 0 radical (unpaired) electrons. The van der Waals surface area contributed by atoms with Gasteiger partial charge in [-0.2, -0.15) is 0 Å². The van der Waals surface area contributed by atoms with Gasteiger partial charge in [0.2, 0.25) is 0 Å². The van der Waals surface area contributed by atoms with Crippen LogP contribution in [0.4, 0.5) is 0 Å². The maximum absolute atomic E-state index is 6.06. The van der Waals surface area contributed by atoms with E-state index in [1.54, 1.807) is 0 Å². The zero-order valence-electron chi connectivity index (χ0n) is 9.25. The summed E-state index contributed by atoms with van der Waals surface area (Å²) in [5.74, 6) is 0. The first kappa shape index (κ1) is 8.98. The van der Waals surface area contributed by atoms with Gasteiger partial charge in [0.15, 0.2) is 0 Å². The highest BCUT2D eigenvalue weighted by Crippen LogP contribution is 2.34. The second kappa shape index (κ2) is 2.86. The summed E-state index contributed by atoms with van der Waals surface area (Å²) in [5.41, 5.74) is 11.6. The van der Waals surface area contributed by atoms with Crippen LogP contribution < -0.4 is 5.73 Å². The lowest BCUT2D eigenvalue weighted by atomic mass is 10.1. The molecule has 1 aromatic heterocycles. The fraction of sp³-hybridized carbons (Fsp3) is 0.385. The molecule has 0 bridgehead atoms. The van der Waals surface area contributed by atoms with Crippen molar-refractivity contribution in [2.45, 2.75) is 32.9 Å². The van der Waals surface area contributed by atoms with Crippen LogP contribution in [0.3, 0.4) is 0 Å². The summed E-state index contributed by atoms with van der Waals surface area (Å²) < 4.78 is 2.41. The number of hydrogen-bond donors (Lipinski definition) is 1. The summed E-state index contributed by atoms with van der Waals surface area (Å²) >= 11 is 0. The van der Waals surface area contributed by atoms with Gasteiger partial charge in [-0.3, -0.25) is 0 Å². The van der Waals surface area contributed by atoms with Crippen molar-refractivity contribution < 1.29 is 0 Å². The summed E-state index contributed by atoms with van der Waals surface area (Å²) in [6.07, 6.45) is 1.16. The Morgan fingerprint density at radius 2 is 2.20 bits per heavy atom. The summed E-state index contributed by atoms with van der Waals surface area (Å²) in [6, 6.07) is 6.73. The molecule has 1 aliphatic heterocycles. The van der Waals surface area contributed by atoms with E-state index in [0.717, 1.165) is 13.0 Å². The van der Waals surface area contributed by atoms with Gasteiger partial charge in [-0.1, -0.05) is 18.2 Å². The van der Waals surface area contributed by atoms with Gasteiger partial charge in [-0.25, -0.2) is 0 Å². The van der Waals surface area contributed by atoms with Gasteiger partial charge in [-0.05, 0) is 31.4 Å². The van der Waals surface area contributed by atoms with E-state index in [2.05, 4.69) is 36.6 Å². The normalized spacial score (nSPS) is 16.2. The molecule has 2 nitrogen and oxygen atoms in total. The van der Waals surface area contributed by atoms with Crippen molar-refractivity contribution in [3.05, 3.63) is 35.0 Å². The number of aryl methyl sites for hydroxylation is 3. The van der Waals surface area contributed by atoms with Gasteiger partial charge < -0.3 is 10.3 Å². The zero-order chi connectivity index (χ0) is 10.6. The van der Waals surface area contributed by atoms with Crippen LogP contribution in [0, 0.1) is 6.92 Å². The van der Waals surface area contributed by atoms with E-state index in [9.17, 15) is 0 Å². The summed E-state index contributed by atoms with van der Waals surface area (Å²) in [5, 5.41) is 1.39. The SMILES string of the molecule is Cc1c(C(C)N)n2c3c(cccc13)CC2. The van der Waals surface area contributed by atoms with Crippen LogP contribution in [0.25, 0.3) is 10.9 Å². The van der Waals surface area contributed by atoms with Crippen molar-refractivity contribution >= 4 is 10.9 Å². The molecule has 0 amide bonds. The minimum atomic E-state index is 0.128. The molecule has 2 N–H and O–H groups in total. The third kappa shape index (κ3) is 1.03. The Morgan fingerprint density at radius 3 is 2.93 bits per heavy atom. The van der Waals surface area contributed by atoms with Crippen molar-refractivity contribution in [2.24, 2.45) is 5.73 Å². The van der Waals surface area contributed by atoms with Gasteiger partial charge >= 0.3 is 0 Å². The Hall–Kier alpha value is -1.28. The molecule has 1 unspecified atom stereocenters. The fourth-order valence-corrected chi connectivity index (χ4v) is 2.93. The van der Waals surface area contributed by atoms with Crippen molar-refractivity contribution in [2.75, 3.05) is 0 Å². The summed E-state index contributed by atoms with van der Waals surface area (Å²) in [4.78, 5) is 0. The third-order valence-corrected chi connectivity index (χ3v) is 3.50. The lowest BCUT2D eigenvalue weighted by Crippen LogP contribution is -2.12. The number of nitrogens with two attached hydrogens (primary N) is 1. The number of nitrogens with zero attached hydrogens (tertiary/aromatic N) is 1. The molecule has 0 saturated heterocycles. The van der Waals surface area contributed by atoms with Crippen LogP contribution in [0.1, 0.15) is 29.8 Å². The van der Waals surface area contributed by atoms with Crippen molar-refractivity contribution in [3.8, 4) is 0 Å². The van der Waals surface area contributed by atoms with Crippen molar-refractivity contribution in [1.82, 2.24) is 4.57 Å². The molecule has 2 heterocycles. The Morgan fingerprint density at radius 1 is 1.40 bits per heavy atom. The molecule has 78 valence electrons. The van der Waals surface area contributed by atoms with Gasteiger partial charge in [0.05, 0.1) is 5.52 Å². The van der Waals surface area contributed by atoms with Crippen molar-refractivity contribution in [1.29, 1.82) is 0 Å². The number of rotatable bonds is 1. The van der Waals surface area contributed by atoms with Gasteiger partial charge in [0.1, 0.15) is 0 Å². The van der Waals surface area contributed by atoms with Crippen LogP contribution in [0.5, 0.6) is 0 Å². The van der Waals surface area contributed by atoms with E-state index in [0.29, 0.717) is 0 Å². The van der Waals surface area contributed by atoms with E-state index >= 15 is 0 Å². The van der Waals surface area contributed by atoms with Crippen LogP contribution in [0.2, 0.25) is 0 Å². The maximum Gasteiger partial charge on any atom is 0.0519 e. The average Bonchev–Trinajstić information content (AvgIpc) is 2.72. The predicted octanol–water partition coefficient (Wildman–Crippen LogP) is 2.53. The Labute approximate surface area is 89.7 Å². The second-order valence-corrected chi connectivity index (χ2v) is 4.51. The molecule has 15 heavy (non-hydrogen) atoms. The van der Waals surface area contributed by atoms with E-state index in [1.807, 2.05) is 0 Å². The van der Waals surface area contributed by atoms with Crippen LogP contribution in [-0.2, 0) is 13.0 Å². The lowest BCUT2D eigenvalue weighted by molar-refractivity contribution is 0.662. The fourth-order valence-electron chi connectivity index (χ4n) is 2.93. The van der Waals surface area contributed by atoms with E-state index in [4.69, 9.17) is 5.73 Å². The molecule has 0 spiro atoms. The van der Waals surface area contributed by atoms with Gasteiger partial charge in [0, 0.05) is 23.7 Å². The predicted molar refractivity (Wildman–Crippen MR) is 63.0 cm³/mol. The number of hydrogen-bond acceptors (Lipinski definition) is 1. The Bertz CT molecular complexity index is 535. The zero-order valence-corrected chi connectivity index (χ0v) is 9.25. The highest BCUT2D eigenvalue weighted by Gasteiger charge is 2.22. The molecule has 2 aromatic rings. The highest BCUT2D eigenvalue weighted by molar-refractivity contribution is 5.89. The van der Waals surface area contributed by atoms with Crippen LogP contribution in [0.15, 0.2) is 18.2 Å². The largest absolute Gasteiger partial charge is 0.342 e. The van der Waals surface area contributed by atoms with E-state index in [-0.39, 0.29) is 6.04 Å². The number of benzene rings is 1. The second-order valence-electron chi connectivity index (χ2n) is 4.51. The molecule has 1 atom stereocenters. The maximum atomic E-state index is 6.06. The first-order valence-electron chi connectivity index (χ1n) is 5.56. The molecule has 0 fully saturated rings. The molecule has 3 rings (SSSR count). The number of para-hydroxylation sites is 1. The average molecular weight is 200 g/mol. The van der Waals surface area contributed by atoms with Gasteiger partial charge in [-0.15, -0.1) is 0 Å². The van der Waals surface area contributed by atoms with E-state index < -0.39 is 0 Å². The highest BCUT2D eigenvalue weighted by atomic mass is 15.0. The van der Waals surface area contributed by atoms with Gasteiger partial charge in [0.25, 0.3) is 0 Å². The minimum absolute atomic E-state index is 0.128. The summed E-state index contributed by atoms with van der Waals surface area (Å²) in [6.45, 7) is 5.36. The topological polar surface area (TPSA) is 30.9 Å². The molecule has 0 saturated carbocycles. The standard InChI is InChI=1S/C13H16N2/c1-8-11-5-3-4-10-6-7-15(13(10)11)12(8)9(2)14/h3-5,9H,6-7,14H2,1-2H3. The third-order valence-electron chi connectivity index (χ3n) is 3.50. The molecular formula is C13H16N2. The first-order chi connectivity index (χ1) is 7.20. The Balaban J connectivity index is 2.47. The summed E-state index contributed by atoms with van der Waals surface area (Å²) in [7, 11) is 0. The van der Waals surface area contributed by atoms with Crippen LogP contribution in [-0.4, -0.2) is 4.57 Å². The molecular weight excluding hydrogens is 184 g/mol. The van der Waals surface area contributed by atoms with Crippen LogP contribution >= 0.6 is 0 Å². The quantitative estimate of drug-likeness (QED) is 0.753. The minimum Gasteiger partial charge on any atom is -0.342 e. The molecule has 1 aromatic carbocycles. The lowest BCUT2D eigenvalue weighted by Gasteiger charge is -2.10. The molecule has 0 aliphatic carbocycles. The smallest absolute Gasteiger partial charge is 0.0519 e.